The number of aromatic nitrogens is 2. The van der Waals surface area contributed by atoms with Crippen molar-refractivity contribution in [2.45, 2.75) is 57.5 Å². The molecule has 0 bridgehead atoms. The van der Waals surface area contributed by atoms with Crippen LogP contribution >= 0.6 is 0 Å². The van der Waals surface area contributed by atoms with Gasteiger partial charge in [0.05, 0.1) is 23.6 Å². The minimum Gasteiger partial charge on any atom is -0.376 e. The van der Waals surface area contributed by atoms with E-state index in [-0.39, 0.29) is 37.0 Å². The minimum absolute atomic E-state index is 0.0145. The first-order valence-electron chi connectivity index (χ1n) is 15.7. The maximum Gasteiger partial charge on any atom is 0.332 e. The Bertz CT molecular complexity index is 1750. The predicted octanol–water partition coefficient (Wildman–Crippen LogP) is 2.90. The quantitative estimate of drug-likeness (QED) is 0.286. The highest BCUT2D eigenvalue weighted by Gasteiger charge is 2.22. The fraction of sp³-hybridized carbons (Fsp3) is 0.371. The Morgan fingerprint density at radius 1 is 0.800 bits per heavy atom. The molecule has 2 aliphatic rings. The van der Waals surface area contributed by atoms with Crippen molar-refractivity contribution in [2.75, 3.05) is 26.2 Å². The summed E-state index contributed by atoms with van der Waals surface area (Å²) in [6.07, 6.45) is 3.62. The Morgan fingerprint density at radius 3 is 2.24 bits per heavy atom. The van der Waals surface area contributed by atoms with Gasteiger partial charge in [-0.25, -0.2) is 4.79 Å². The van der Waals surface area contributed by atoms with E-state index in [9.17, 15) is 19.2 Å². The van der Waals surface area contributed by atoms with Gasteiger partial charge in [0.15, 0.2) is 0 Å². The maximum absolute atomic E-state index is 13.6. The van der Waals surface area contributed by atoms with Gasteiger partial charge in [0.1, 0.15) is 6.54 Å². The third-order valence-electron chi connectivity index (χ3n) is 8.71. The van der Waals surface area contributed by atoms with E-state index in [0.717, 1.165) is 49.9 Å². The lowest BCUT2D eigenvalue weighted by Gasteiger charge is -2.32. The summed E-state index contributed by atoms with van der Waals surface area (Å²) >= 11 is 0. The van der Waals surface area contributed by atoms with Crippen LogP contribution in [-0.4, -0.2) is 64.2 Å². The van der Waals surface area contributed by atoms with Crippen LogP contribution in [0.15, 0.2) is 88.5 Å². The van der Waals surface area contributed by atoms with E-state index >= 15 is 0 Å². The van der Waals surface area contributed by atoms with Crippen LogP contribution in [0.4, 0.5) is 0 Å². The summed E-state index contributed by atoms with van der Waals surface area (Å²) in [5.74, 6) is -0.456. The Hall–Kier alpha value is -4.54. The monoisotopic (exact) mass is 609 g/mol. The second kappa shape index (κ2) is 14.0. The van der Waals surface area contributed by atoms with Gasteiger partial charge in [0.25, 0.3) is 11.5 Å². The number of nitrogens with zero attached hydrogens (tertiary/aromatic N) is 3. The smallest absolute Gasteiger partial charge is 0.332 e. The molecule has 2 N–H and O–H groups in total. The second-order valence-corrected chi connectivity index (χ2v) is 11.9. The number of ether oxygens (including phenoxy) is 1. The molecular weight excluding hydrogens is 570 g/mol. The highest BCUT2D eigenvalue weighted by Crippen LogP contribution is 2.16. The number of fused-ring (bicyclic) bond motifs is 1. The molecular formula is C35H39N5O5. The lowest BCUT2D eigenvalue weighted by Crippen LogP contribution is -2.44. The highest BCUT2D eigenvalue weighted by atomic mass is 16.5. The first kappa shape index (κ1) is 30.5. The van der Waals surface area contributed by atoms with Crippen molar-refractivity contribution in [3.05, 3.63) is 116 Å². The third-order valence-corrected chi connectivity index (χ3v) is 8.71. The summed E-state index contributed by atoms with van der Waals surface area (Å²) in [7, 11) is 0. The summed E-state index contributed by atoms with van der Waals surface area (Å²) in [5, 5.41) is 6.37. The van der Waals surface area contributed by atoms with Crippen molar-refractivity contribution in [1.29, 1.82) is 0 Å². The van der Waals surface area contributed by atoms with E-state index in [1.807, 2.05) is 6.07 Å². The van der Waals surface area contributed by atoms with Crippen molar-refractivity contribution in [3.8, 4) is 0 Å². The fourth-order valence-electron chi connectivity index (χ4n) is 6.19. The summed E-state index contributed by atoms with van der Waals surface area (Å²) in [4.78, 5) is 55.2. The number of nitrogens with one attached hydrogen (secondary N) is 2. The molecule has 3 aromatic carbocycles. The van der Waals surface area contributed by atoms with Crippen molar-refractivity contribution in [1.82, 2.24) is 24.7 Å². The molecule has 1 aromatic heterocycles. The van der Waals surface area contributed by atoms with Gasteiger partial charge in [-0.05, 0) is 61.1 Å². The zero-order valence-corrected chi connectivity index (χ0v) is 25.3. The fourth-order valence-corrected chi connectivity index (χ4v) is 6.19. The molecule has 45 heavy (non-hydrogen) atoms. The number of likely N-dealkylation sites (tertiary alicyclic amines) is 1. The van der Waals surface area contributed by atoms with Gasteiger partial charge in [-0.3, -0.25) is 28.4 Å². The summed E-state index contributed by atoms with van der Waals surface area (Å²) in [6, 6.07) is 24.3. The van der Waals surface area contributed by atoms with E-state index < -0.39 is 11.2 Å². The Labute approximate surface area is 261 Å². The van der Waals surface area contributed by atoms with Gasteiger partial charge >= 0.3 is 5.69 Å². The number of carbonyl (C=O) groups is 2. The molecule has 2 fully saturated rings. The number of amides is 2. The molecule has 2 amide bonds. The van der Waals surface area contributed by atoms with Crippen LogP contribution in [0.2, 0.25) is 0 Å². The number of hydrogen-bond donors (Lipinski definition) is 2. The van der Waals surface area contributed by atoms with Gasteiger partial charge in [-0.1, -0.05) is 54.6 Å². The second-order valence-electron chi connectivity index (χ2n) is 11.9. The molecule has 0 saturated carbocycles. The zero-order valence-electron chi connectivity index (χ0n) is 25.3. The van der Waals surface area contributed by atoms with Crippen LogP contribution in [0.1, 0.15) is 47.2 Å². The lowest BCUT2D eigenvalue weighted by molar-refractivity contribution is -0.122. The molecule has 10 heteroatoms. The van der Waals surface area contributed by atoms with Crippen LogP contribution in [0, 0.1) is 0 Å². The van der Waals surface area contributed by atoms with Crippen molar-refractivity contribution in [2.24, 2.45) is 0 Å². The van der Waals surface area contributed by atoms with Crippen LogP contribution in [0.5, 0.6) is 0 Å². The Balaban J connectivity index is 1.10. The molecule has 0 radical (unpaired) electrons. The summed E-state index contributed by atoms with van der Waals surface area (Å²) < 4.78 is 8.07. The minimum atomic E-state index is -0.564. The van der Waals surface area contributed by atoms with Crippen LogP contribution < -0.4 is 21.9 Å². The van der Waals surface area contributed by atoms with E-state index in [1.165, 1.54) is 10.1 Å². The van der Waals surface area contributed by atoms with Crippen LogP contribution in [0.25, 0.3) is 10.9 Å². The first-order chi connectivity index (χ1) is 21.9. The largest absolute Gasteiger partial charge is 0.376 e. The molecule has 1 atom stereocenters. The normalized spacial score (nSPS) is 17.4. The summed E-state index contributed by atoms with van der Waals surface area (Å²) in [5.41, 5.74) is 1.94. The van der Waals surface area contributed by atoms with Crippen molar-refractivity contribution < 1.29 is 14.3 Å². The molecule has 3 heterocycles. The molecule has 0 aliphatic carbocycles. The van der Waals surface area contributed by atoms with Crippen LogP contribution in [-0.2, 0) is 29.2 Å². The maximum atomic E-state index is 13.6. The molecule has 10 nitrogen and oxygen atoms in total. The number of rotatable bonds is 10. The number of benzene rings is 3. The van der Waals surface area contributed by atoms with Crippen LogP contribution in [0.3, 0.4) is 0 Å². The molecule has 234 valence electrons. The van der Waals surface area contributed by atoms with Gasteiger partial charge < -0.3 is 15.4 Å². The first-order valence-corrected chi connectivity index (χ1v) is 15.7. The van der Waals surface area contributed by atoms with E-state index in [0.29, 0.717) is 35.2 Å². The number of para-hydroxylation sites is 1. The topological polar surface area (TPSA) is 115 Å². The average Bonchev–Trinajstić information content (AvgIpc) is 3.60. The molecule has 2 aliphatic heterocycles. The Kier molecular flexibility index (Phi) is 9.52. The number of carbonyl (C=O) groups excluding carboxylic acids is 2. The summed E-state index contributed by atoms with van der Waals surface area (Å²) in [6.45, 7) is 3.64. The van der Waals surface area contributed by atoms with Gasteiger partial charge in [0, 0.05) is 44.4 Å². The van der Waals surface area contributed by atoms with E-state index in [4.69, 9.17) is 4.74 Å². The Morgan fingerprint density at radius 2 is 1.51 bits per heavy atom. The predicted molar refractivity (Wildman–Crippen MR) is 172 cm³/mol. The zero-order chi connectivity index (χ0) is 31.2. The SMILES string of the molecule is O=C(Cn1c(=O)n(Cc2ccc(C(=O)NC3CCN(Cc4ccccc4)CC3)cc2)c(=O)c2ccccc21)NCC1CCCO1. The van der Waals surface area contributed by atoms with Gasteiger partial charge in [-0.15, -0.1) is 0 Å². The van der Waals surface area contributed by atoms with E-state index in [2.05, 4.69) is 39.8 Å². The number of hydrogen-bond acceptors (Lipinski definition) is 6. The lowest BCUT2D eigenvalue weighted by atomic mass is 10.0. The molecule has 2 saturated heterocycles. The molecule has 4 aromatic rings. The van der Waals surface area contributed by atoms with Gasteiger partial charge in [0.2, 0.25) is 5.91 Å². The van der Waals surface area contributed by atoms with Gasteiger partial charge in [-0.2, -0.15) is 0 Å². The van der Waals surface area contributed by atoms with Crippen molar-refractivity contribution >= 4 is 22.7 Å². The molecule has 6 rings (SSSR count). The van der Waals surface area contributed by atoms with E-state index in [1.54, 1.807) is 48.5 Å². The number of piperidine rings is 1. The highest BCUT2D eigenvalue weighted by molar-refractivity contribution is 5.94. The standard InChI is InChI=1S/C35H39N5O5/c41-32(36-21-29-9-6-20-45-29)24-39-31-11-5-4-10-30(31)34(43)40(35(39)44)23-26-12-14-27(15-13-26)33(42)37-28-16-18-38(19-17-28)22-25-7-2-1-3-8-25/h1-5,7-8,10-15,28-29H,6,9,16-24H2,(H,36,41)(H,37,42). The van der Waals surface area contributed by atoms with Crippen molar-refractivity contribution in [3.63, 3.8) is 0 Å². The third kappa shape index (κ3) is 7.41. The average molecular weight is 610 g/mol. The molecule has 1 unspecified atom stereocenters. The molecule has 0 spiro atoms.